The molecule has 1 aromatic rings. The molecule has 1 aliphatic heterocycles. The molecule has 1 unspecified atom stereocenters. The highest BCUT2D eigenvalue weighted by Gasteiger charge is 2.48. The third-order valence-electron chi connectivity index (χ3n) is 4.08. The molecule has 2 rings (SSSR count). The first kappa shape index (κ1) is 18.4. The Morgan fingerprint density at radius 1 is 1.25 bits per heavy atom. The predicted molar refractivity (Wildman–Crippen MR) is 90.0 cm³/mol. The topological polar surface area (TPSA) is 12.4 Å². The Kier molecular flexibility index (Phi) is 5.28. The third kappa shape index (κ3) is 3.59. The van der Waals surface area contributed by atoms with Gasteiger partial charge in [-0.15, -0.1) is 8.98 Å². The van der Waals surface area contributed by atoms with Crippen molar-refractivity contribution >= 4 is 17.0 Å². The maximum Gasteiger partial charge on any atom is 0.438 e. The maximum atomic E-state index is 14.4. The Morgan fingerprint density at radius 3 is 2.50 bits per heavy atom. The lowest BCUT2D eigenvalue weighted by Crippen LogP contribution is -2.36. The standard InChI is InChI=1S/C18H21F4N2/c1-4-5-6-9-13(2)14-10-7-8-11-15(14)24(3)17(19)12-16(23-24)18(20,21)22/h7-12H,4-6H2,1-3H3/q+1/b13-9-. The molecule has 0 aromatic heterocycles. The average Bonchev–Trinajstić information content (AvgIpc) is 2.84. The summed E-state index contributed by atoms with van der Waals surface area (Å²) in [5.41, 5.74) is 0.786. The van der Waals surface area contributed by atoms with Gasteiger partial charge in [0, 0.05) is 11.6 Å². The van der Waals surface area contributed by atoms with Crippen LogP contribution in [0.5, 0.6) is 0 Å². The average molecular weight is 341 g/mol. The molecule has 0 bridgehead atoms. The number of quaternary nitrogens is 1. The summed E-state index contributed by atoms with van der Waals surface area (Å²) >= 11 is 0. The van der Waals surface area contributed by atoms with Crippen LogP contribution in [0, 0.1) is 0 Å². The van der Waals surface area contributed by atoms with Gasteiger partial charge in [-0.2, -0.15) is 13.2 Å². The van der Waals surface area contributed by atoms with Crippen molar-refractivity contribution in [1.82, 2.24) is 4.59 Å². The molecule has 0 aliphatic carbocycles. The van der Waals surface area contributed by atoms with E-state index in [9.17, 15) is 17.6 Å². The lowest BCUT2D eigenvalue weighted by atomic mass is 10.0. The second-order valence-electron chi connectivity index (χ2n) is 5.96. The number of rotatable bonds is 5. The monoisotopic (exact) mass is 341 g/mol. The van der Waals surface area contributed by atoms with E-state index in [0.29, 0.717) is 17.3 Å². The molecule has 1 aliphatic rings. The van der Waals surface area contributed by atoms with E-state index in [1.165, 1.54) is 7.05 Å². The SMILES string of the molecule is CCCC/C=C(/C)c1ccccc1[N+]1(C)N=C(C(F)(F)F)C=C1F. The van der Waals surface area contributed by atoms with Crippen LogP contribution in [0.15, 0.2) is 47.5 Å². The van der Waals surface area contributed by atoms with E-state index < -0.39 is 22.4 Å². The van der Waals surface area contributed by atoms with Gasteiger partial charge < -0.3 is 0 Å². The fraction of sp³-hybridized carbons (Fsp3) is 0.389. The van der Waals surface area contributed by atoms with E-state index in [4.69, 9.17) is 0 Å². The first-order chi connectivity index (χ1) is 11.2. The number of allylic oxidation sites excluding steroid dienone is 3. The summed E-state index contributed by atoms with van der Waals surface area (Å²) in [7, 11) is 1.32. The minimum Gasteiger partial charge on any atom is -0.164 e. The van der Waals surface area contributed by atoms with Gasteiger partial charge in [-0.25, -0.2) is 0 Å². The van der Waals surface area contributed by atoms with Crippen LogP contribution in [0.4, 0.5) is 23.2 Å². The first-order valence-corrected chi connectivity index (χ1v) is 7.88. The Balaban J connectivity index is 2.49. The summed E-state index contributed by atoms with van der Waals surface area (Å²) in [6.07, 6.45) is 0.767. The molecule has 0 radical (unpaired) electrons. The number of alkyl halides is 3. The summed E-state index contributed by atoms with van der Waals surface area (Å²) in [6.45, 7) is 3.97. The van der Waals surface area contributed by atoms with Gasteiger partial charge >= 0.3 is 12.1 Å². The van der Waals surface area contributed by atoms with E-state index >= 15 is 0 Å². The molecule has 0 saturated carbocycles. The predicted octanol–water partition coefficient (Wildman–Crippen LogP) is 5.96. The molecule has 6 heteroatoms. The van der Waals surface area contributed by atoms with E-state index in [1.54, 1.807) is 24.3 Å². The molecule has 0 spiro atoms. The van der Waals surface area contributed by atoms with Crippen molar-refractivity contribution in [2.24, 2.45) is 5.10 Å². The number of nitrogens with zero attached hydrogens (tertiary/aromatic N) is 2. The third-order valence-corrected chi connectivity index (χ3v) is 4.08. The van der Waals surface area contributed by atoms with E-state index in [-0.39, 0.29) is 0 Å². The number of halogens is 4. The zero-order chi connectivity index (χ0) is 18.0. The van der Waals surface area contributed by atoms with Crippen LogP contribution in [0.3, 0.4) is 0 Å². The summed E-state index contributed by atoms with van der Waals surface area (Å²) in [4.78, 5) is 0. The first-order valence-electron chi connectivity index (χ1n) is 7.88. The largest absolute Gasteiger partial charge is 0.438 e. The number of para-hydroxylation sites is 1. The van der Waals surface area contributed by atoms with Gasteiger partial charge in [0.2, 0.25) is 5.71 Å². The van der Waals surface area contributed by atoms with Crippen molar-refractivity contribution in [2.45, 2.75) is 39.3 Å². The van der Waals surface area contributed by atoms with Crippen molar-refractivity contribution < 1.29 is 17.6 Å². The minimum absolute atomic E-state index is 0.385. The molecule has 1 atom stereocenters. The van der Waals surface area contributed by atoms with Crippen molar-refractivity contribution in [3.8, 4) is 0 Å². The van der Waals surface area contributed by atoms with Crippen molar-refractivity contribution in [2.75, 3.05) is 7.05 Å². The number of unbranched alkanes of at least 4 members (excludes halogenated alkanes) is 2. The number of hydrogen-bond donors (Lipinski definition) is 0. The second-order valence-corrected chi connectivity index (χ2v) is 5.96. The molecule has 2 nitrogen and oxygen atoms in total. The van der Waals surface area contributed by atoms with E-state index in [2.05, 4.69) is 12.0 Å². The van der Waals surface area contributed by atoms with Crippen LogP contribution < -0.4 is 4.59 Å². The molecule has 1 heterocycles. The fourth-order valence-corrected chi connectivity index (χ4v) is 2.66. The molecule has 1 aromatic carbocycles. The summed E-state index contributed by atoms with van der Waals surface area (Å²) in [6, 6.07) is 6.86. The molecule has 0 fully saturated rings. The van der Waals surface area contributed by atoms with Crippen LogP contribution in [0.1, 0.15) is 38.7 Å². The van der Waals surface area contributed by atoms with Crippen LogP contribution in [0.2, 0.25) is 0 Å². The molecule has 130 valence electrons. The van der Waals surface area contributed by atoms with Crippen LogP contribution in [0.25, 0.3) is 5.57 Å². The zero-order valence-electron chi connectivity index (χ0n) is 14.0. The Morgan fingerprint density at radius 2 is 1.92 bits per heavy atom. The van der Waals surface area contributed by atoms with E-state index in [0.717, 1.165) is 24.8 Å². The summed E-state index contributed by atoms with van der Waals surface area (Å²) < 4.78 is 52.2. The van der Waals surface area contributed by atoms with Crippen molar-refractivity contribution in [3.63, 3.8) is 0 Å². The highest BCUT2D eigenvalue weighted by atomic mass is 19.4. The summed E-state index contributed by atoms with van der Waals surface area (Å²) in [5.74, 6) is -0.948. The van der Waals surface area contributed by atoms with Gasteiger partial charge in [0.1, 0.15) is 7.05 Å². The number of benzene rings is 1. The molecule has 0 saturated heterocycles. The molecular weight excluding hydrogens is 320 g/mol. The van der Waals surface area contributed by atoms with Gasteiger partial charge in [-0.05, 0) is 25.0 Å². The zero-order valence-corrected chi connectivity index (χ0v) is 14.0. The lowest BCUT2D eigenvalue weighted by molar-refractivity contribution is -0.0581. The van der Waals surface area contributed by atoms with Gasteiger partial charge in [0.15, 0.2) is 5.69 Å². The van der Waals surface area contributed by atoms with Crippen LogP contribution in [-0.2, 0) is 0 Å². The molecule has 0 N–H and O–H groups in total. The van der Waals surface area contributed by atoms with Gasteiger partial charge in [0.25, 0.3) is 0 Å². The van der Waals surface area contributed by atoms with Crippen molar-refractivity contribution in [3.05, 3.63) is 47.9 Å². The van der Waals surface area contributed by atoms with Gasteiger partial charge in [-0.3, -0.25) is 0 Å². The maximum absolute atomic E-state index is 14.4. The van der Waals surface area contributed by atoms with E-state index in [1.807, 2.05) is 13.0 Å². The smallest absolute Gasteiger partial charge is 0.164 e. The molecular formula is C18H21F4N2+. The second kappa shape index (κ2) is 6.89. The lowest BCUT2D eigenvalue weighted by Gasteiger charge is -2.24. The molecule has 0 amide bonds. The minimum atomic E-state index is -4.67. The highest BCUT2D eigenvalue weighted by Crippen LogP contribution is 2.39. The summed E-state index contributed by atoms with van der Waals surface area (Å²) in [5, 5.41) is 3.62. The Labute approximate surface area is 139 Å². The van der Waals surface area contributed by atoms with Crippen LogP contribution >= 0.6 is 0 Å². The van der Waals surface area contributed by atoms with Crippen LogP contribution in [-0.4, -0.2) is 18.9 Å². The fourth-order valence-electron chi connectivity index (χ4n) is 2.66. The van der Waals surface area contributed by atoms with Gasteiger partial charge in [-0.1, -0.05) is 43.1 Å². The highest BCUT2D eigenvalue weighted by molar-refractivity contribution is 6.02. The Bertz CT molecular complexity index is 701. The molecule has 24 heavy (non-hydrogen) atoms. The quantitative estimate of drug-likeness (QED) is 0.271. The van der Waals surface area contributed by atoms with Gasteiger partial charge in [0.05, 0.1) is 6.08 Å². The van der Waals surface area contributed by atoms with Crippen molar-refractivity contribution in [1.29, 1.82) is 0 Å². The normalized spacial score (nSPS) is 21.7. The number of hydrogen-bond acceptors (Lipinski definition) is 1. The Hall–Kier alpha value is -1.95.